The summed E-state index contributed by atoms with van der Waals surface area (Å²) in [4.78, 5) is 2.50. The first-order valence-electron chi connectivity index (χ1n) is 8.83. The van der Waals surface area contributed by atoms with E-state index in [1.54, 1.807) is 0 Å². The number of hydrogen-bond donors (Lipinski definition) is 0. The zero-order valence-corrected chi connectivity index (χ0v) is 14.9. The van der Waals surface area contributed by atoms with E-state index in [2.05, 4.69) is 68.1 Å². The smallest absolute Gasteiger partial charge is 0.0991 e. The van der Waals surface area contributed by atoms with Crippen LogP contribution in [-0.2, 0) is 11.8 Å². The summed E-state index contributed by atoms with van der Waals surface area (Å²) in [6.07, 6.45) is 3.57. The molecular formula is C22H26N2. The highest BCUT2D eigenvalue weighted by molar-refractivity contribution is 5.51. The second kappa shape index (κ2) is 6.69. The molecule has 0 aromatic heterocycles. The molecule has 1 saturated heterocycles. The summed E-state index contributed by atoms with van der Waals surface area (Å²) in [5.41, 5.74) is 4.98. The summed E-state index contributed by atoms with van der Waals surface area (Å²) in [6.45, 7) is 7.87. The van der Waals surface area contributed by atoms with Gasteiger partial charge in [-0.25, -0.2) is 0 Å². The molecule has 0 radical (unpaired) electrons. The third kappa shape index (κ3) is 3.62. The summed E-state index contributed by atoms with van der Waals surface area (Å²) in [5, 5.41) is 8.96. The minimum absolute atomic E-state index is 0.209. The maximum absolute atomic E-state index is 8.96. The Bertz CT molecular complexity index is 715. The van der Waals surface area contributed by atoms with Crippen molar-refractivity contribution >= 4 is 5.69 Å². The molecule has 2 aromatic rings. The average molecular weight is 318 g/mol. The highest BCUT2D eigenvalue weighted by atomic mass is 15.2. The van der Waals surface area contributed by atoms with E-state index in [1.807, 2.05) is 12.1 Å². The van der Waals surface area contributed by atoms with Gasteiger partial charge in [0.15, 0.2) is 0 Å². The first-order valence-corrected chi connectivity index (χ1v) is 8.83. The fraction of sp³-hybridized carbons (Fsp3) is 0.409. The van der Waals surface area contributed by atoms with Crippen LogP contribution in [0.15, 0.2) is 48.5 Å². The van der Waals surface area contributed by atoms with E-state index in [1.165, 1.54) is 29.7 Å². The van der Waals surface area contributed by atoms with Gasteiger partial charge < -0.3 is 4.90 Å². The van der Waals surface area contributed by atoms with Crippen LogP contribution in [0.1, 0.15) is 50.3 Å². The number of anilines is 1. The van der Waals surface area contributed by atoms with Crippen molar-refractivity contribution in [3.63, 3.8) is 0 Å². The first kappa shape index (κ1) is 16.6. The van der Waals surface area contributed by atoms with Crippen molar-refractivity contribution in [2.45, 2.75) is 51.5 Å². The minimum atomic E-state index is 0.209. The Morgan fingerprint density at radius 1 is 1.04 bits per heavy atom. The molecule has 0 spiro atoms. The molecule has 3 rings (SSSR count). The van der Waals surface area contributed by atoms with Crippen molar-refractivity contribution in [3.8, 4) is 6.07 Å². The maximum atomic E-state index is 8.96. The summed E-state index contributed by atoms with van der Waals surface area (Å²) in [7, 11) is 0. The van der Waals surface area contributed by atoms with E-state index in [0.29, 0.717) is 6.04 Å². The molecule has 0 N–H and O–H groups in total. The molecular weight excluding hydrogens is 292 g/mol. The zero-order valence-electron chi connectivity index (χ0n) is 14.9. The molecule has 124 valence electrons. The van der Waals surface area contributed by atoms with Crippen LogP contribution in [0, 0.1) is 11.3 Å². The monoisotopic (exact) mass is 318 g/mol. The van der Waals surface area contributed by atoms with Gasteiger partial charge in [-0.3, -0.25) is 0 Å². The maximum Gasteiger partial charge on any atom is 0.0991 e. The topological polar surface area (TPSA) is 27.0 Å². The van der Waals surface area contributed by atoms with Crippen molar-refractivity contribution in [2.75, 3.05) is 11.4 Å². The lowest BCUT2D eigenvalue weighted by Crippen LogP contribution is -2.30. The van der Waals surface area contributed by atoms with Crippen molar-refractivity contribution in [2.24, 2.45) is 0 Å². The molecule has 1 aliphatic rings. The van der Waals surface area contributed by atoms with Crippen LogP contribution in [0.4, 0.5) is 5.69 Å². The van der Waals surface area contributed by atoms with Gasteiger partial charge in [-0.15, -0.1) is 0 Å². The van der Waals surface area contributed by atoms with Gasteiger partial charge >= 0.3 is 0 Å². The molecule has 0 aliphatic carbocycles. The fourth-order valence-electron chi connectivity index (χ4n) is 3.53. The van der Waals surface area contributed by atoms with Crippen molar-refractivity contribution in [3.05, 3.63) is 65.2 Å². The molecule has 2 nitrogen and oxygen atoms in total. The average Bonchev–Trinajstić information content (AvgIpc) is 3.03. The predicted molar refractivity (Wildman–Crippen MR) is 100 cm³/mol. The normalized spacial score (nSPS) is 17.8. The van der Waals surface area contributed by atoms with E-state index in [0.717, 1.165) is 18.5 Å². The summed E-state index contributed by atoms with van der Waals surface area (Å²) < 4.78 is 0. The lowest BCUT2D eigenvalue weighted by molar-refractivity contribution is 0.589. The van der Waals surface area contributed by atoms with Crippen molar-refractivity contribution in [1.82, 2.24) is 0 Å². The zero-order chi connectivity index (χ0) is 17.2. The molecule has 1 aliphatic heterocycles. The van der Waals surface area contributed by atoms with Crippen LogP contribution in [-0.4, -0.2) is 12.6 Å². The van der Waals surface area contributed by atoms with Crippen LogP contribution < -0.4 is 4.90 Å². The Labute approximate surface area is 145 Å². The Kier molecular flexibility index (Phi) is 4.62. The lowest BCUT2D eigenvalue weighted by atomic mass is 9.86. The molecule has 0 saturated carbocycles. The molecule has 2 aromatic carbocycles. The SMILES string of the molecule is CC(C)(C)c1ccc(CC2CCCN2c2ccc(C#N)cc2)cc1. The molecule has 1 atom stereocenters. The second-order valence-corrected chi connectivity index (χ2v) is 7.80. The standard InChI is InChI=1S/C22H26N2/c1-22(2,3)19-10-6-17(7-11-19)15-21-5-4-14-24(21)20-12-8-18(16-23)9-13-20/h6-13,21H,4-5,14-15H2,1-3H3. The van der Waals surface area contributed by atoms with Gasteiger partial charge in [-0.05, 0) is 60.1 Å². The number of hydrogen-bond acceptors (Lipinski definition) is 2. The Balaban J connectivity index is 1.73. The van der Waals surface area contributed by atoms with Gasteiger partial charge in [0.1, 0.15) is 0 Å². The quantitative estimate of drug-likeness (QED) is 0.790. The van der Waals surface area contributed by atoms with Gasteiger partial charge in [-0.2, -0.15) is 5.26 Å². The van der Waals surface area contributed by atoms with Crippen LogP contribution in [0.25, 0.3) is 0 Å². The van der Waals surface area contributed by atoms with Gasteiger partial charge in [-0.1, -0.05) is 45.0 Å². The van der Waals surface area contributed by atoms with Gasteiger partial charge in [0, 0.05) is 18.3 Å². The third-order valence-electron chi connectivity index (χ3n) is 5.00. The minimum Gasteiger partial charge on any atom is -0.368 e. The van der Waals surface area contributed by atoms with Crippen molar-refractivity contribution in [1.29, 1.82) is 5.26 Å². The molecule has 0 bridgehead atoms. The van der Waals surface area contributed by atoms with E-state index in [9.17, 15) is 0 Å². The van der Waals surface area contributed by atoms with Crippen LogP contribution in [0.2, 0.25) is 0 Å². The fourth-order valence-corrected chi connectivity index (χ4v) is 3.53. The Morgan fingerprint density at radius 2 is 1.71 bits per heavy atom. The summed E-state index contributed by atoms with van der Waals surface area (Å²) >= 11 is 0. The highest BCUT2D eigenvalue weighted by Gasteiger charge is 2.25. The van der Waals surface area contributed by atoms with Crippen molar-refractivity contribution < 1.29 is 0 Å². The molecule has 1 fully saturated rings. The molecule has 24 heavy (non-hydrogen) atoms. The van der Waals surface area contributed by atoms with Gasteiger partial charge in [0.05, 0.1) is 11.6 Å². The van der Waals surface area contributed by atoms with Gasteiger partial charge in [0.2, 0.25) is 0 Å². The molecule has 1 heterocycles. The largest absolute Gasteiger partial charge is 0.368 e. The lowest BCUT2D eigenvalue weighted by Gasteiger charge is -2.27. The second-order valence-electron chi connectivity index (χ2n) is 7.80. The first-order chi connectivity index (χ1) is 11.5. The number of benzene rings is 2. The van der Waals surface area contributed by atoms with Gasteiger partial charge in [0.25, 0.3) is 0 Å². The molecule has 2 heteroatoms. The number of nitriles is 1. The van der Waals surface area contributed by atoms with Crippen LogP contribution in [0.3, 0.4) is 0 Å². The number of rotatable bonds is 3. The summed E-state index contributed by atoms with van der Waals surface area (Å²) in [5.74, 6) is 0. The van der Waals surface area contributed by atoms with E-state index >= 15 is 0 Å². The number of nitrogens with zero attached hydrogens (tertiary/aromatic N) is 2. The van der Waals surface area contributed by atoms with E-state index in [-0.39, 0.29) is 5.41 Å². The highest BCUT2D eigenvalue weighted by Crippen LogP contribution is 2.29. The van der Waals surface area contributed by atoms with Crippen LogP contribution >= 0.6 is 0 Å². The predicted octanol–water partition coefficient (Wildman–Crippen LogP) is 5.07. The Hall–Kier alpha value is -2.27. The third-order valence-corrected chi connectivity index (χ3v) is 5.00. The van der Waals surface area contributed by atoms with E-state index in [4.69, 9.17) is 5.26 Å². The molecule has 0 amide bonds. The van der Waals surface area contributed by atoms with Crippen LogP contribution in [0.5, 0.6) is 0 Å². The summed E-state index contributed by atoms with van der Waals surface area (Å²) in [6, 6.07) is 19.9. The molecule has 1 unspecified atom stereocenters. The van der Waals surface area contributed by atoms with E-state index < -0.39 is 0 Å². The Morgan fingerprint density at radius 3 is 2.29 bits per heavy atom.